The number of ketones is 1. The molecule has 0 aliphatic carbocycles. The molecular formula is C51H56GeIrNO3-. The third-order valence-corrected chi connectivity index (χ3v) is 16.4. The number of nitrogens with zero attached hydrogens (tertiary/aromatic N) is 1. The van der Waals surface area contributed by atoms with Crippen molar-refractivity contribution in [3.05, 3.63) is 133 Å². The van der Waals surface area contributed by atoms with Crippen molar-refractivity contribution in [1.82, 2.24) is 4.98 Å². The van der Waals surface area contributed by atoms with Crippen molar-refractivity contribution >= 4 is 56.3 Å². The van der Waals surface area contributed by atoms with E-state index in [1.165, 1.54) is 32.5 Å². The maximum atomic E-state index is 12.2. The van der Waals surface area contributed by atoms with Crippen molar-refractivity contribution in [1.29, 1.82) is 0 Å². The molecule has 1 N–H and O–H groups in total. The number of aliphatic hydroxyl groups excluding tert-OH is 1. The number of benzene rings is 5. The zero-order chi connectivity index (χ0) is 40.3. The Kier molecular flexibility index (Phi) is 13.9. The number of furan rings is 1. The molecule has 0 saturated carbocycles. The molecule has 0 spiro atoms. The first kappa shape index (κ1) is 43.8. The summed E-state index contributed by atoms with van der Waals surface area (Å²) >= 11 is -2.02. The van der Waals surface area contributed by atoms with Gasteiger partial charge in [0.15, 0.2) is 5.78 Å². The molecule has 5 aromatic carbocycles. The van der Waals surface area contributed by atoms with Crippen LogP contribution in [0.4, 0.5) is 0 Å². The second-order valence-corrected chi connectivity index (χ2v) is 27.3. The van der Waals surface area contributed by atoms with Crippen LogP contribution in [0.3, 0.4) is 0 Å². The van der Waals surface area contributed by atoms with Gasteiger partial charge in [-0.2, -0.15) is 0 Å². The van der Waals surface area contributed by atoms with Crippen LogP contribution in [-0.4, -0.2) is 29.1 Å². The Balaban J connectivity index is 0.000000295. The molecule has 0 aliphatic heterocycles. The number of allylic oxidation sites excluding steroid dienone is 2. The van der Waals surface area contributed by atoms with Gasteiger partial charge in [0, 0.05) is 37.0 Å². The summed E-state index contributed by atoms with van der Waals surface area (Å²) in [4.78, 5) is 17.3. The summed E-state index contributed by atoms with van der Waals surface area (Å²) in [6.07, 6.45) is 4.75. The van der Waals surface area contributed by atoms with Crippen LogP contribution in [0.25, 0.3) is 66.4 Å². The van der Waals surface area contributed by atoms with E-state index < -0.39 is 13.3 Å². The molecule has 6 heteroatoms. The van der Waals surface area contributed by atoms with E-state index in [1.807, 2.05) is 53.7 Å². The summed E-state index contributed by atoms with van der Waals surface area (Å²) in [7, 11) is 0. The Hall–Kier alpha value is -4.29. The average Bonchev–Trinajstić information content (AvgIpc) is 3.61. The summed E-state index contributed by atoms with van der Waals surface area (Å²) in [5, 5.41) is 13.5. The van der Waals surface area contributed by atoms with Crippen LogP contribution >= 0.6 is 0 Å². The predicted octanol–water partition coefficient (Wildman–Crippen LogP) is 14.1. The zero-order valence-electron chi connectivity index (χ0n) is 34.9. The molecule has 0 bridgehead atoms. The zero-order valence-corrected chi connectivity index (χ0v) is 39.4. The van der Waals surface area contributed by atoms with Crippen LogP contribution in [0, 0.1) is 16.9 Å². The molecule has 0 fully saturated rings. The number of pyridine rings is 1. The number of rotatable bonds is 11. The Morgan fingerprint density at radius 2 is 1.33 bits per heavy atom. The molecular weight excluding hydrogens is 939 g/mol. The van der Waals surface area contributed by atoms with Gasteiger partial charge in [0.05, 0.1) is 0 Å². The van der Waals surface area contributed by atoms with Crippen molar-refractivity contribution in [2.45, 2.75) is 84.5 Å². The fourth-order valence-corrected chi connectivity index (χ4v) is 9.54. The first-order chi connectivity index (χ1) is 26.7. The van der Waals surface area contributed by atoms with Crippen LogP contribution in [0.2, 0.25) is 17.3 Å². The molecule has 0 amide bonds. The Labute approximate surface area is 355 Å². The third-order valence-electron chi connectivity index (χ3n) is 12.2. The molecule has 0 unspecified atom stereocenters. The van der Waals surface area contributed by atoms with Gasteiger partial charge >= 0.3 is 196 Å². The minimum atomic E-state index is -2.02. The molecule has 0 aliphatic rings. The average molecular weight is 996 g/mol. The van der Waals surface area contributed by atoms with Crippen LogP contribution < -0.4 is 4.40 Å². The first-order valence-corrected chi connectivity index (χ1v) is 27.5. The molecule has 2 aromatic heterocycles. The minimum Gasteiger partial charge on any atom is 0 e. The standard InChI is InChI=1S/C36H28GeNO.C15H28O2.Ir/c1-37(2,3)27-18-20-33-32(22-27)31(25-13-8-5-9-14-25)23-34(38-33)30-16-10-15-29-28-19-17-26(21-35(28)39-36(29)30)24-11-6-4-7-12-24;1-7-14(5,8-2)12(16)11-13(17)15(6,9-3)10-4;/h4-15,17-23H,1-3H3;11,16H,7-10H2,1-6H3;/q-1;;/b;12-11-;. The number of hydrogen-bond acceptors (Lipinski definition) is 4. The van der Waals surface area contributed by atoms with Gasteiger partial charge in [-0.15, -0.1) is 0 Å². The predicted molar refractivity (Wildman–Crippen MR) is 240 cm³/mol. The number of fused-ring (bicyclic) bond motifs is 4. The van der Waals surface area contributed by atoms with Gasteiger partial charge in [-0.3, -0.25) is 4.79 Å². The molecule has 57 heavy (non-hydrogen) atoms. The van der Waals surface area contributed by atoms with Crippen LogP contribution in [-0.2, 0) is 24.9 Å². The first-order valence-electron chi connectivity index (χ1n) is 20.1. The number of hydrogen-bond donors (Lipinski definition) is 1. The number of carbonyl (C=O) groups is 1. The van der Waals surface area contributed by atoms with Crippen molar-refractivity contribution in [2.75, 3.05) is 0 Å². The number of aromatic nitrogens is 1. The van der Waals surface area contributed by atoms with Gasteiger partial charge in [0.2, 0.25) is 0 Å². The molecule has 2 heterocycles. The topological polar surface area (TPSA) is 63.3 Å². The van der Waals surface area contributed by atoms with Crippen molar-refractivity contribution in [2.24, 2.45) is 10.8 Å². The van der Waals surface area contributed by atoms with E-state index in [-0.39, 0.29) is 42.5 Å². The van der Waals surface area contributed by atoms with Crippen LogP contribution in [0.15, 0.2) is 132 Å². The van der Waals surface area contributed by atoms with Gasteiger partial charge < -0.3 is 5.11 Å². The molecule has 7 aromatic rings. The summed E-state index contributed by atoms with van der Waals surface area (Å²) in [5.74, 6) is 7.59. The summed E-state index contributed by atoms with van der Waals surface area (Å²) in [6.45, 7) is 12.1. The molecule has 297 valence electrons. The SMILES string of the molecule is CCC(C)(CC)C(=O)/C=C(\O)C(C)(CC)CC.[CH3][Ge]([CH3])([CH3])[c]1ccc2nc(-c3[c-]ccc4c3oc3cc(-c5ccccc5)ccc34)cc(-c3ccccc3)c2c1.[Ir]. The minimum absolute atomic E-state index is 0. The van der Waals surface area contributed by atoms with Crippen molar-refractivity contribution in [3.8, 4) is 33.5 Å². The van der Waals surface area contributed by atoms with E-state index in [4.69, 9.17) is 9.40 Å². The number of aliphatic hydroxyl groups is 1. The van der Waals surface area contributed by atoms with Crippen LogP contribution in [0.5, 0.6) is 0 Å². The Morgan fingerprint density at radius 3 is 1.93 bits per heavy atom. The van der Waals surface area contributed by atoms with Crippen molar-refractivity contribution < 1.29 is 34.4 Å². The largest absolute Gasteiger partial charge is 0 e. The third kappa shape index (κ3) is 9.22. The second-order valence-electron chi connectivity index (χ2n) is 16.6. The van der Waals surface area contributed by atoms with E-state index in [9.17, 15) is 9.90 Å². The number of carbonyl (C=O) groups excluding carboxylic acids is 1. The van der Waals surface area contributed by atoms with E-state index in [0.29, 0.717) is 0 Å². The summed E-state index contributed by atoms with van der Waals surface area (Å²) in [5.41, 5.74) is 8.55. The maximum Gasteiger partial charge on any atom is 0 e. The normalized spacial score (nSPS) is 12.3. The Bertz CT molecular complexity index is 2510. The van der Waals surface area contributed by atoms with Gasteiger partial charge in [-0.25, -0.2) is 0 Å². The fourth-order valence-electron chi connectivity index (χ4n) is 7.10. The molecule has 0 saturated heterocycles. The van der Waals surface area contributed by atoms with E-state index >= 15 is 0 Å². The van der Waals surface area contributed by atoms with Crippen molar-refractivity contribution in [3.63, 3.8) is 0 Å². The molecule has 0 atom stereocenters. The van der Waals surface area contributed by atoms with Crippen LogP contribution in [0.1, 0.15) is 67.2 Å². The molecule has 7 rings (SSSR count). The summed E-state index contributed by atoms with van der Waals surface area (Å²) in [6, 6.07) is 44.1. The second kappa shape index (κ2) is 18.1. The molecule has 4 nitrogen and oxygen atoms in total. The maximum absolute atomic E-state index is 12.2. The molecule has 1 radical (unpaired) electrons. The quantitative estimate of drug-likeness (QED) is 0.0607. The Morgan fingerprint density at radius 1 is 0.719 bits per heavy atom. The van der Waals surface area contributed by atoms with Gasteiger partial charge in [0.1, 0.15) is 5.76 Å². The van der Waals surface area contributed by atoms with E-state index in [1.54, 1.807) is 0 Å². The van der Waals surface area contributed by atoms with E-state index in [0.717, 1.165) is 70.0 Å². The van der Waals surface area contributed by atoms with Gasteiger partial charge in [-0.05, 0) is 31.2 Å². The summed E-state index contributed by atoms with van der Waals surface area (Å²) < 4.78 is 8.04. The van der Waals surface area contributed by atoms with E-state index in [2.05, 4.69) is 126 Å². The smallest absolute Gasteiger partial charge is 0 e. The van der Waals surface area contributed by atoms with Gasteiger partial charge in [0.25, 0.3) is 0 Å². The fraction of sp³-hybridized carbons (Fsp3) is 0.294. The monoisotopic (exact) mass is 997 g/mol. The van der Waals surface area contributed by atoms with Gasteiger partial charge in [-0.1, -0.05) is 71.9 Å².